The van der Waals surface area contributed by atoms with Gasteiger partial charge in [0.25, 0.3) is 0 Å². The van der Waals surface area contributed by atoms with Gasteiger partial charge in [0.15, 0.2) is 0 Å². The summed E-state index contributed by atoms with van der Waals surface area (Å²) in [5.74, 6) is 0.988. The van der Waals surface area contributed by atoms with Gasteiger partial charge in [0, 0.05) is 29.8 Å². The first kappa shape index (κ1) is 13.6. The van der Waals surface area contributed by atoms with Crippen molar-refractivity contribution in [2.75, 3.05) is 6.61 Å². The van der Waals surface area contributed by atoms with Gasteiger partial charge in [-0.3, -0.25) is 4.68 Å². The van der Waals surface area contributed by atoms with E-state index in [1.54, 1.807) is 0 Å². The molecule has 1 atom stereocenters. The normalized spacial score (nSPS) is 13.0. The van der Waals surface area contributed by atoms with Crippen molar-refractivity contribution in [1.82, 2.24) is 9.78 Å². The molecule has 0 bridgehead atoms. The third kappa shape index (κ3) is 3.83. The number of thioether (sulfide) groups is 1. The van der Waals surface area contributed by atoms with Crippen LogP contribution >= 0.6 is 11.8 Å². The van der Waals surface area contributed by atoms with Crippen molar-refractivity contribution in [2.45, 2.75) is 51.2 Å². The van der Waals surface area contributed by atoms with Gasteiger partial charge in [-0.05, 0) is 25.8 Å². The van der Waals surface area contributed by atoms with Crippen molar-refractivity contribution < 1.29 is 5.11 Å². The van der Waals surface area contributed by atoms with Gasteiger partial charge in [-0.1, -0.05) is 13.8 Å². The monoisotopic (exact) mass is 242 g/mol. The van der Waals surface area contributed by atoms with Crippen molar-refractivity contribution in [3.63, 3.8) is 0 Å². The number of aryl methyl sites for hydroxylation is 2. The molecule has 1 rings (SSSR count). The van der Waals surface area contributed by atoms with Crippen LogP contribution in [0.25, 0.3) is 0 Å². The highest BCUT2D eigenvalue weighted by Crippen LogP contribution is 2.20. The summed E-state index contributed by atoms with van der Waals surface area (Å²) in [6.45, 7) is 7.63. The Bertz CT molecular complexity index is 312. The quantitative estimate of drug-likeness (QED) is 0.798. The summed E-state index contributed by atoms with van der Waals surface area (Å²) in [6, 6.07) is 2.20. The fourth-order valence-corrected chi connectivity index (χ4v) is 2.53. The Hall–Kier alpha value is -0.480. The minimum Gasteiger partial charge on any atom is -0.396 e. The van der Waals surface area contributed by atoms with Crippen LogP contribution in [0.1, 0.15) is 38.6 Å². The van der Waals surface area contributed by atoms with Crippen molar-refractivity contribution in [3.05, 3.63) is 17.5 Å². The molecule has 0 radical (unpaired) electrons. The Morgan fingerprint density at radius 2 is 2.25 bits per heavy atom. The van der Waals surface area contributed by atoms with Gasteiger partial charge in [0.1, 0.15) is 0 Å². The summed E-state index contributed by atoms with van der Waals surface area (Å²) in [4.78, 5) is 0. The second kappa shape index (κ2) is 6.97. The molecule has 0 saturated heterocycles. The lowest BCUT2D eigenvalue weighted by atomic mass is 10.3. The molecule has 0 aliphatic rings. The highest BCUT2D eigenvalue weighted by Gasteiger charge is 2.08. The second-order valence-corrected chi connectivity index (χ2v) is 5.36. The first-order chi connectivity index (χ1) is 7.71. The van der Waals surface area contributed by atoms with Crippen LogP contribution in [0.15, 0.2) is 6.07 Å². The van der Waals surface area contributed by atoms with Crippen LogP contribution in [0.5, 0.6) is 0 Å². The molecule has 1 N–H and O–H groups in total. The first-order valence-corrected chi connectivity index (χ1v) is 7.04. The SMILES string of the molecule is CCc1cc(CSC(C)CCO)n(CC)n1. The maximum absolute atomic E-state index is 8.85. The van der Waals surface area contributed by atoms with E-state index in [4.69, 9.17) is 5.11 Å². The number of hydrogen-bond donors (Lipinski definition) is 1. The lowest BCUT2D eigenvalue weighted by Crippen LogP contribution is -2.04. The van der Waals surface area contributed by atoms with Crippen LogP contribution < -0.4 is 0 Å². The average Bonchev–Trinajstić information content (AvgIpc) is 2.69. The maximum Gasteiger partial charge on any atom is 0.0625 e. The summed E-state index contributed by atoms with van der Waals surface area (Å²) in [6.07, 6.45) is 1.86. The van der Waals surface area contributed by atoms with E-state index in [2.05, 4.69) is 36.6 Å². The molecule has 0 saturated carbocycles. The Balaban J connectivity index is 2.54. The van der Waals surface area contributed by atoms with E-state index < -0.39 is 0 Å². The van der Waals surface area contributed by atoms with Gasteiger partial charge in [0.05, 0.1) is 5.69 Å². The van der Waals surface area contributed by atoms with E-state index in [9.17, 15) is 0 Å². The Labute approximate surface area is 102 Å². The van der Waals surface area contributed by atoms with Crippen LogP contribution in [-0.2, 0) is 18.7 Å². The molecule has 4 heteroatoms. The van der Waals surface area contributed by atoms with Crippen LogP contribution in [0.4, 0.5) is 0 Å². The van der Waals surface area contributed by atoms with Gasteiger partial charge in [0.2, 0.25) is 0 Å². The summed E-state index contributed by atoms with van der Waals surface area (Å²) in [5, 5.41) is 13.9. The molecular weight excluding hydrogens is 220 g/mol. The van der Waals surface area contributed by atoms with E-state index in [-0.39, 0.29) is 6.61 Å². The minimum atomic E-state index is 0.279. The Morgan fingerprint density at radius 3 is 2.81 bits per heavy atom. The Morgan fingerprint density at radius 1 is 1.50 bits per heavy atom. The van der Waals surface area contributed by atoms with Crippen molar-refractivity contribution in [3.8, 4) is 0 Å². The van der Waals surface area contributed by atoms with E-state index >= 15 is 0 Å². The van der Waals surface area contributed by atoms with Gasteiger partial charge >= 0.3 is 0 Å². The highest BCUT2D eigenvalue weighted by molar-refractivity contribution is 7.99. The topological polar surface area (TPSA) is 38.0 Å². The molecular formula is C12H22N2OS. The first-order valence-electron chi connectivity index (χ1n) is 5.99. The summed E-state index contributed by atoms with van der Waals surface area (Å²) >= 11 is 1.89. The largest absolute Gasteiger partial charge is 0.396 e. The van der Waals surface area contributed by atoms with Crippen LogP contribution in [0, 0.1) is 0 Å². The van der Waals surface area contributed by atoms with E-state index in [0.717, 1.165) is 25.1 Å². The van der Waals surface area contributed by atoms with Gasteiger partial charge in [-0.15, -0.1) is 0 Å². The molecule has 0 aliphatic carbocycles. The van der Waals surface area contributed by atoms with E-state index in [1.165, 1.54) is 11.4 Å². The molecule has 1 aromatic heterocycles. The molecule has 1 heterocycles. The predicted molar refractivity (Wildman–Crippen MR) is 69.7 cm³/mol. The molecule has 1 unspecified atom stereocenters. The number of rotatable bonds is 7. The van der Waals surface area contributed by atoms with Gasteiger partial charge < -0.3 is 5.11 Å². The van der Waals surface area contributed by atoms with Crippen molar-refractivity contribution in [1.29, 1.82) is 0 Å². The summed E-state index contributed by atoms with van der Waals surface area (Å²) in [7, 11) is 0. The van der Waals surface area contributed by atoms with Crippen LogP contribution in [0.3, 0.4) is 0 Å². The fraction of sp³-hybridized carbons (Fsp3) is 0.750. The molecule has 92 valence electrons. The number of aliphatic hydroxyl groups is 1. The second-order valence-electron chi connectivity index (χ2n) is 3.93. The Kier molecular flexibility index (Phi) is 5.91. The molecule has 0 amide bonds. The molecule has 0 aromatic carbocycles. The number of aliphatic hydroxyl groups excluding tert-OH is 1. The molecule has 0 fully saturated rings. The van der Waals surface area contributed by atoms with Crippen molar-refractivity contribution >= 4 is 11.8 Å². The summed E-state index contributed by atoms with van der Waals surface area (Å²) in [5.41, 5.74) is 2.47. The summed E-state index contributed by atoms with van der Waals surface area (Å²) < 4.78 is 2.08. The maximum atomic E-state index is 8.85. The zero-order chi connectivity index (χ0) is 12.0. The predicted octanol–water partition coefficient (Wildman–Crippen LogP) is 2.47. The molecule has 16 heavy (non-hydrogen) atoms. The molecule has 3 nitrogen and oxygen atoms in total. The number of aromatic nitrogens is 2. The third-order valence-corrected chi connectivity index (χ3v) is 3.89. The zero-order valence-corrected chi connectivity index (χ0v) is 11.3. The van der Waals surface area contributed by atoms with E-state index in [0.29, 0.717) is 5.25 Å². The fourth-order valence-electron chi connectivity index (χ4n) is 1.57. The lowest BCUT2D eigenvalue weighted by Gasteiger charge is -2.09. The average molecular weight is 242 g/mol. The van der Waals surface area contributed by atoms with Crippen LogP contribution in [-0.4, -0.2) is 26.7 Å². The van der Waals surface area contributed by atoms with E-state index in [1.807, 2.05) is 11.8 Å². The highest BCUT2D eigenvalue weighted by atomic mass is 32.2. The lowest BCUT2D eigenvalue weighted by molar-refractivity contribution is 0.289. The van der Waals surface area contributed by atoms with Crippen molar-refractivity contribution in [2.24, 2.45) is 0 Å². The molecule has 1 aromatic rings. The third-order valence-electron chi connectivity index (χ3n) is 2.63. The van der Waals surface area contributed by atoms with Gasteiger partial charge in [-0.25, -0.2) is 0 Å². The number of hydrogen-bond acceptors (Lipinski definition) is 3. The smallest absolute Gasteiger partial charge is 0.0625 e. The van der Waals surface area contributed by atoms with Gasteiger partial charge in [-0.2, -0.15) is 16.9 Å². The minimum absolute atomic E-state index is 0.279. The molecule has 0 aliphatic heterocycles. The standard InChI is InChI=1S/C12H22N2OS/c1-4-11-8-12(14(5-2)13-11)9-16-10(3)6-7-15/h8,10,15H,4-7,9H2,1-3H3. The molecule has 0 spiro atoms. The van der Waals surface area contributed by atoms with Crippen LogP contribution in [0.2, 0.25) is 0 Å². The number of nitrogens with zero attached hydrogens (tertiary/aromatic N) is 2. The zero-order valence-electron chi connectivity index (χ0n) is 10.4.